The minimum absolute atomic E-state index is 0.438. The first kappa shape index (κ1) is 10.9. The van der Waals surface area contributed by atoms with E-state index in [1.54, 1.807) is 11.3 Å². The molecule has 1 aliphatic rings. The van der Waals surface area contributed by atoms with Crippen LogP contribution in [0.4, 0.5) is 0 Å². The van der Waals surface area contributed by atoms with Crippen LogP contribution in [0.1, 0.15) is 35.4 Å². The summed E-state index contributed by atoms with van der Waals surface area (Å²) in [5.74, 6) is 1.11. The molecule has 2 aromatic heterocycles. The number of nitrogens with one attached hydrogen (secondary N) is 1. The predicted molar refractivity (Wildman–Crippen MR) is 67.8 cm³/mol. The third kappa shape index (κ3) is 2.25. The molecule has 1 fully saturated rings. The van der Waals surface area contributed by atoms with Gasteiger partial charge in [-0.25, -0.2) is 9.97 Å². The Hall–Kier alpha value is -1.20. The van der Waals surface area contributed by atoms with Gasteiger partial charge in [0.15, 0.2) is 0 Å². The first-order valence-electron chi connectivity index (χ1n) is 5.97. The fraction of sp³-hybridized carbons (Fsp3) is 0.500. The molecule has 0 spiro atoms. The van der Waals surface area contributed by atoms with Crippen LogP contribution < -0.4 is 0 Å². The summed E-state index contributed by atoms with van der Waals surface area (Å²) in [5.41, 5.74) is 1.14. The highest BCUT2D eigenvalue weighted by atomic mass is 32.1. The third-order valence-corrected chi connectivity index (χ3v) is 3.99. The van der Waals surface area contributed by atoms with Gasteiger partial charge in [0.1, 0.15) is 10.8 Å². The van der Waals surface area contributed by atoms with Crippen LogP contribution in [0.2, 0.25) is 0 Å². The Morgan fingerprint density at radius 2 is 2.47 bits per heavy atom. The second kappa shape index (κ2) is 4.58. The molecule has 0 amide bonds. The summed E-state index contributed by atoms with van der Waals surface area (Å²) in [6, 6.07) is 0.438. The average molecular weight is 248 g/mol. The summed E-state index contributed by atoms with van der Waals surface area (Å²) in [5, 5.41) is 3.23. The van der Waals surface area contributed by atoms with Gasteiger partial charge in [-0.15, -0.1) is 11.3 Å². The van der Waals surface area contributed by atoms with Gasteiger partial charge in [-0.05, 0) is 26.3 Å². The number of hydrogen-bond acceptors (Lipinski definition) is 4. The van der Waals surface area contributed by atoms with Gasteiger partial charge in [0, 0.05) is 23.5 Å². The first-order chi connectivity index (χ1) is 8.33. The molecule has 2 aromatic rings. The van der Waals surface area contributed by atoms with Crippen molar-refractivity contribution in [2.45, 2.75) is 32.4 Å². The average Bonchev–Trinajstić information content (AvgIpc) is 2.99. The maximum atomic E-state index is 4.46. The number of hydrogen-bond donors (Lipinski definition) is 1. The van der Waals surface area contributed by atoms with Gasteiger partial charge >= 0.3 is 0 Å². The maximum absolute atomic E-state index is 4.46. The number of aromatic nitrogens is 3. The highest BCUT2D eigenvalue weighted by Gasteiger charge is 2.28. The van der Waals surface area contributed by atoms with Crippen LogP contribution in [-0.4, -0.2) is 26.4 Å². The van der Waals surface area contributed by atoms with E-state index in [0.717, 1.165) is 24.6 Å². The fourth-order valence-corrected chi connectivity index (χ4v) is 3.07. The SMILES string of the molecule is Cc1cnc([C@@H]2CCCN2Cc2nccs2)[nH]1. The molecule has 5 heteroatoms. The molecule has 1 atom stereocenters. The van der Waals surface area contributed by atoms with E-state index in [1.807, 2.05) is 17.8 Å². The zero-order valence-corrected chi connectivity index (χ0v) is 10.7. The topological polar surface area (TPSA) is 44.8 Å². The summed E-state index contributed by atoms with van der Waals surface area (Å²) in [6.45, 7) is 4.14. The molecule has 0 radical (unpaired) electrons. The normalized spacial score (nSPS) is 21.1. The summed E-state index contributed by atoms with van der Waals surface area (Å²) in [7, 11) is 0. The quantitative estimate of drug-likeness (QED) is 0.907. The van der Waals surface area contributed by atoms with Crippen molar-refractivity contribution in [3.63, 3.8) is 0 Å². The van der Waals surface area contributed by atoms with E-state index in [0.29, 0.717) is 6.04 Å². The second-order valence-electron chi connectivity index (χ2n) is 4.51. The molecule has 90 valence electrons. The van der Waals surface area contributed by atoms with Gasteiger partial charge in [0.05, 0.1) is 12.6 Å². The van der Waals surface area contributed by atoms with Gasteiger partial charge < -0.3 is 4.98 Å². The third-order valence-electron chi connectivity index (χ3n) is 3.22. The number of nitrogens with zero attached hydrogens (tertiary/aromatic N) is 3. The molecule has 1 saturated heterocycles. The Labute approximate surface area is 105 Å². The number of likely N-dealkylation sites (tertiary alicyclic amines) is 1. The molecule has 17 heavy (non-hydrogen) atoms. The summed E-state index contributed by atoms with van der Waals surface area (Å²) in [4.78, 5) is 14.6. The molecule has 0 saturated carbocycles. The number of rotatable bonds is 3. The van der Waals surface area contributed by atoms with Gasteiger partial charge in [0.25, 0.3) is 0 Å². The lowest BCUT2D eigenvalue weighted by Gasteiger charge is -2.21. The van der Waals surface area contributed by atoms with Crippen molar-refractivity contribution < 1.29 is 0 Å². The predicted octanol–water partition coefficient (Wildman–Crippen LogP) is 2.51. The Bertz CT molecular complexity index is 476. The molecule has 0 unspecified atom stereocenters. The van der Waals surface area contributed by atoms with E-state index in [9.17, 15) is 0 Å². The lowest BCUT2D eigenvalue weighted by Crippen LogP contribution is -2.23. The minimum Gasteiger partial charge on any atom is -0.345 e. The largest absolute Gasteiger partial charge is 0.345 e. The van der Waals surface area contributed by atoms with Crippen LogP contribution in [-0.2, 0) is 6.54 Å². The molecule has 3 rings (SSSR count). The van der Waals surface area contributed by atoms with E-state index < -0.39 is 0 Å². The van der Waals surface area contributed by atoms with Crippen LogP contribution in [0.15, 0.2) is 17.8 Å². The molecule has 0 aliphatic carbocycles. The first-order valence-corrected chi connectivity index (χ1v) is 6.85. The zero-order valence-electron chi connectivity index (χ0n) is 9.89. The number of H-pyrrole nitrogens is 1. The number of thiazole rings is 1. The lowest BCUT2D eigenvalue weighted by molar-refractivity contribution is 0.240. The van der Waals surface area contributed by atoms with Gasteiger partial charge in [-0.1, -0.05) is 0 Å². The zero-order chi connectivity index (χ0) is 11.7. The summed E-state index contributed by atoms with van der Waals surface area (Å²) in [6.07, 6.45) is 6.23. The Kier molecular flexibility index (Phi) is 2.94. The van der Waals surface area contributed by atoms with E-state index in [4.69, 9.17) is 0 Å². The number of imidazole rings is 1. The molecular weight excluding hydrogens is 232 g/mol. The van der Waals surface area contributed by atoms with E-state index in [2.05, 4.69) is 26.8 Å². The lowest BCUT2D eigenvalue weighted by atomic mass is 10.2. The smallest absolute Gasteiger partial charge is 0.123 e. The summed E-state index contributed by atoms with van der Waals surface area (Å²) < 4.78 is 0. The van der Waals surface area contributed by atoms with Crippen molar-refractivity contribution in [3.8, 4) is 0 Å². The number of aromatic amines is 1. The standard InChI is InChI=1S/C12H16N4S/c1-9-7-14-12(15-9)10-3-2-5-16(10)8-11-13-4-6-17-11/h4,6-7,10H,2-3,5,8H2,1H3,(H,14,15)/t10-/m0/s1. The molecule has 0 bridgehead atoms. The van der Waals surface area contributed by atoms with Crippen molar-refractivity contribution in [1.29, 1.82) is 0 Å². The Morgan fingerprint density at radius 3 is 3.18 bits per heavy atom. The van der Waals surface area contributed by atoms with Crippen molar-refractivity contribution >= 4 is 11.3 Å². The minimum atomic E-state index is 0.438. The van der Waals surface area contributed by atoms with E-state index in [-0.39, 0.29) is 0 Å². The second-order valence-corrected chi connectivity index (χ2v) is 5.48. The van der Waals surface area contributed by atoms with Gasteiger partial charge in [-0.3, -0.25) is 4.90 Å². The van der Waals surface area contributed by atoms with Gasteiger partial charge in [-0.2, -0.15) is 0 Å². The van der Waals surface area contributed by atoms with Crippen molar-refractivity contribution in [2.75, 3.05) is 6.54 Å². The van der Waals surface area contributed by atoms with Crippen LogP contribution in [0, 0.1) is 6.92 Å². The summed E-state index contributed by atoms with van der Waals surface area (Å²) >= 11 is 1.73. The molecule has 4 nitrogen and oxygen atoms in total. The van der Waals surface area contributed by atoms with E-state index >= 15 is 0 Å². The van der Waals surface area contributed by atoms with Crippen LogP contribution in [0.3, 0.4) is 0 Å². The molecule has 0 aromatic carbocycles. The monoisotopic (exact) mass is 248 g/mol. The van der Waals surface area contributed by atoms with Crippen molar-refractivity contribution in [1.82, 2.24) is 19.9 Å². The van der Waals surface area contributed by atoms with Crippen LogP contribution >= 0.6 is 11.3 Å². The van der Waals surface area contributed by atoms with Crippen LogP contribution in [0.25, 0.3) is 0 Å². The molecule has 3 heterocycles. The highest BCUT2D eigenvalue weighted by molar-refractivity contribution is 7.09. The van der Waals surface area contributed by atoms with Crippen molar-refractivity contribution in [3.05, 3.63) is 34.3 Å². The maximum Gasteiger partial charge on any atom is 0.123 e. The number of aryl methyl sites for hydroxylation is 1. The Morgan fingerprint density at radius 1 is 1.53 bits per heavy atom. The molecular formula is C12H16N4S. The van der Waals surface area contributed by atoms with E-state index in [1.165, 1.54) is 17.8 Å². The fourth-order valence-electron chi connectivity index (χ4n) is 2.43. The van der Waals surface area contributed by atoms with Crippen molar-refractivity contribution in [2.24, 2.45) is 0 Å². The molecule has 1 N–H and O–H groups in total. The van der Waals surface area contributed by atoms with Crippen LogP contribution in [0.5, 0.6) is 0 Å². The molecule has 1 aliphatic heterocycles. The Balaban J connectivity index is 1.76. The highest BCUT2D eigenvalue weighted by Crippen LogP contribution is 2.31. The van der Waals surface area contributed by atoms with Gasteiger partial charge in [0.2, 0.25) is 0 Å².